The highest BCUT2D eigenvalue weighted by Crippen LogP contribution is 2.17. The molecule has 1 aromatic carbocycles. The first-order chi connectivity index (χ1) is 7.56. The number of carbonyl (C=O) groups is 1. The summed E-state index contributed by atoms with van der Waals surface area (Å²) in [5, 5.41) is 17.4. The van der Waals surface area contributed by atoms with Crippen molar-refractivity contribution in [1.29, 1.82) is 5.41 Å². The van der Waals surface area contributed by atoms with Gasteiger partial charge >= 0.3 is 5.97 Å². The maximum atomic E-state index is 11.2. The van der Waals surface area contributed by atoms with Crippen LogP contribution in [0.15, 0.2) is 28.7 Å². The molecule has 0 aromatic heterocycles. The highest BCUT2D eigenvalue weighted by Gasteiger charge is 2.18. The van der Waals surface area contributed by atoms with E-state index in [-0.39, 0.29) is 6.61 Å². The van der Waals surface area contributed by atoms with Crippen LogP contribution in [0.2, 0.25) is 0 Å². The summed E-state index contributed by atoms with van der Waals surface area (Å²) in [5.74, 6) is -1.49. The van der Waals surface area contributed by atoms with Crippen LogP contribution >= 0.6 is 15.9 Å². The fourth-order valence-electron chi connectivity index (χ4n) is 0.997. The minimum atomic E-state index is -0.868. The van der Waals surface area contributed by atoms with Crippen molar-refractivity contribution in [1.82, 2.24) is 0 Å². The van der Waals surface area contributed by atoms with Crippen molar-refractivity contribution in [3.63, 3.8) is 0 Å². The van der Waals surface area contributed by atoms with E-state index >= 15 is 0 Å². The molecule has 16 heavy (non-hydrogen) atoms. The molecule has 0 aliphatic heterocycles. The average molecular weight is 287 g/mol. The van der Waals surface area contributed by atoms with E-state index in [9.17, 15) is 10.0 Å². The number of ether oxygens (including phenoxy) is 1. The number of amidine groups is 1. The summed E-state index contributed by atoms with van der Waals surface area (Å²) in [6, 6.07) is 6.52. The van der Waals surface area contributed by atoms with Crippen molar-refractivity contribution in [2.24, 2.45) is 0 Å². The fraction of sp³-hybridized carbons (Fsp3) is 0.200. The first-order valence-corrected chi connectivity index (χ1v) is 5.35. The van der Waals surface area contributed by atoms with E-state index in [2.05, 4.69) is 20.7 Å². The van der Waals surface area contributed by atoms with E-state index in [1.54, 1.807) is 31.2 Å². The molecule has 0 amide bonds. The molecule has 1 rings (SSSR count). The molecule has 86 valence electrons. The number of nitrogens with zero attached hydrogens (tertiary/aromatic N) is 1. The van der Waals surface area contributed by atoms with Crippen LogP contribution < -0.4 is 5.06 Å². The minimum Gasteiger partial charge on any atom is -0.460 e. The lowest BCUT2D eigenvalue weighted by Crippen LogP contribution is -2.34. The Labute approximate surface area is 101 Å². The molecule has 1 aromatic rings. The summed E-state index contributed by atoms with van der Waals surface area (Å²) in [6.07, 6.45) is 0. The van der Waals surface area contributed by atoms with Gasteiger partial charge in [-0.25, -0.2) is 9.86 Å². The number of hydroxylamine groups is 1. The van der Waals surface area contributed by atoms with Gasteiger partial charge in [0.05, 0.1) is 12.3 Å². The number of esters is 1. The number of hydrogen-bond donors (Lipinski definition) is 2. The quantitative estimate of drug-likeness (QED) is 0.378. The van der Waals surface area contributed by atoms with Crippen molar-refractivity contribution >= 4 is 33.4 Å². The van der Waals surface area contributed by atoms with Crippen molar-refractivity contribution < 1.29 is 14.7 Å². The SMILES string of the molecule is CCOC(=O)C(=N)N(O)c1ccc(Br)cc1. The summed E-state index contributed by atoms with van der Waals surface area (Å²) >= 11 is 3.24. The Morgan fingerprint density at radius 3 is 2.56 bits per heavy atom. The third kappa shape index (κ3) is 3.04. The van der Waals surface area contributed by atoms with Gasteiger partial charge in [0, 0.05) is 4.47 Å². The van der Waals surface area contributed by atoms with Crippen LogP contribution in [0, 0.1) is 5.41 Å². The van der Waals surface area contributed by atoms with E-state index in [4.69, 9.17) is 5.41 Å². The Kier molecular flexibility index (Phi) is 4.45. The Hall–Kier alpha value is -1.40. The number of rotatable bonds is 2. The van der Waals surface area contributed by atoms with E-state index in [1.807, 2.05) is 0 Å². The lowest BCUT2D eigenvalue weighted by Gasteiger charge is -2.16. The summed E-state index contributed by atoms with van der Waals surface area (Å²) in [5.41, 5.74) is 0.321. The van der Waals surface area contributed by atoms with Gasteiger partial charge in [-0.15, -0.1) is 0 Å². The highest BCUT2D eigenvalue weighted by molar-refractivity contribution is 9.10. The Bertz CT molecular complexity index is 392. The summed E-state index contributed by atoms with van der Waals surface area (Å²) < 4.78 is 5.44. The molecule has 0 aliphatic carbocycles. The third-order valence-corrected chi connectivity index (χ3v) is 2.28. The zero-order chi connectivity index (χ0) is 12.1. The number of anilines is 1. The van der Waals surface area contributed by atoms with Crippen LogP contribution in [-0.2, 0) is 9.53 Å². The van der Waals surface area contributed by atoms with E-state index in [1.165, 1.54) is 0 Å². The summed E-state index contributed by atoms with van der Waals surface area (Å²) in [6.45, 7) is 1.79. The molecule has 0 bridgehead atoms. The predicted molar refractivity (Wildman–Crippen MR) is 62.8 cm³/mol. The number of nitrogens with one attached hydrogen (secondary N) is 1. The number of benzene rings is 1. The van der Waals surface area contributed by atoms with Crippen LogP contribution in [0.25, 0.3) is 0 Å². The fourth-order valence-corrected chi connectivity index (χ4v) is 1.26. The number of halogens is 1. The normalized spacial score (nSPS) is 9.69. The zero-order valence-electron chi connectivity index (χ0n) is 8.61. The Morgan fingerprint density at radius 1 is 1.50 bits per heavy atom. The van der Waals surface area contributed by atoms with Gasteiger partial charge in [-0.3, -0.25) is 10.6 Å². The monoisotopic (exact) mass is 286 g/mol. The van der Waals surface area contributed by atoms with Crippen molar-refractivity contribution in [2.45, 2.75) is 6.92 Å². The highest BCUT2D eigenvalue weighted by atomic mass is 79.9. The average Bonchev–Trinajstić information content (AvgIpc) is 2.28. The zero-order valence-corrected chi connectivity index (χ0v) is 10.2. The molecule has 0 unspecified atom stereocenters. The summed E-state index contributed by atoms with van der Waals surface area (Å²) in [4.78, 5) is 11.2. The number of carbonyl (C=O) groups excluding carboxylic acids is 1. The first kappa shape index (κ1) is 12.7. The van der Waals surface area contributed by atoms with Crippen LogP contribution in [0.5, 0.6) is 0 Å². The van der Waals surface area contributed by atoms with Crippen LogP contribution in [-0.4, -0.2) is 23.6 Å². The molecule has 6 heteroatoms. The van der Waals surface area contributed by atoms with Crippen LogP contribution in [0.4, 0.5) is 5.69 Å². The van der Waals surface area contributed by atoms with Crippen molar-refractivity contribution in [3.8, 4) is 0 Å². The standard InChI is InChI=1S/C10H11BrN2O3/c1-2-16-10(14)9(12)13(15)8-5-3-7(11)4-6-8/h3-6,12,15H,2H2,1H3. The molecule has 5 nitrogen and oxygen atoms in total. The predicted octanol–water partition coefficient (Wildman–Crippen LogP) is 2.19. The number of hydrogen-bond acceptors (Lipinski definition) is 4. The molecular weight excluding hydrogens is 276 g/mol. The molecule has 0 heterocycles. The maximum Gasteiger partial charge on any atom is 0.376 e. The van der Waals surface area contributed by atoms with E-state index < -0.39 is 11.8 Å². The lowest BCUT2D eigenvalue weighted by molar-refractivity contribution is -0.135. The molecule has 0 aliphatic rings. The molecule has 0 fully saturated rings. The smallest absolute Gasteiger partial charge is 0.376 e. The first-order valence-electron chi connectivity index (χ1n) is 4.56. The largest absolute Gasteiger partial charge is 0.460 e. The Balaban J connectivity index is 2.77. The summed E-state index contributed by atoms with van der Waals surface area (Å²) in [7, 11) is 0. The molecular formula is C10H11BrN2O3. The van der Waals surface area contributed by atoms with Gasteiger partial charge < -0.3 is 4.74 Å². The van der Waals surface area contributed by atoms with E-state index in [0.29, 0.717) is 10.8 Å². The second-order valence-electron chi connectivity index (χ2n) is 2.86. The maximum absolute atomic E-state index is 11.2. The van der Waals surface area contributed by atoms with Gasteiger partial charge in [-0.2, -0.15) is 0 Å². The molecule has 2 N–H and O–H groups in total. The van der Waals surface area contributed by atoms with Gasteiger partial charge in [0.15, 0.2) is 0 Å². The molecule has 0 saturated carbocycles. The molecule has 0 saturated heterocycles. The van der Waals surface area contributed by atoms with Crippen molar-refractivity contribution in [3.05, 3.63) is 28.7 Å². The molecule has 0 spiro atoms. The van der Waals surface area contributed by atoms with Gasteiger partial charge in [0.25, 0.3) is 0 Å². The van der Waals surface area contributed by atoms with Gasteiger partial charge in [-0.1, -0.05) is 15.9 Å². The van der Waals surface area contributed by atoms with Crippen LogP contribution in [0.1, 0.15) is 6.92 Å². The van der Waals surface area contributed by atoms with Gasteiger partial charge in [0.2, 0.25) is 5.84 Å². The topological polar surface area (TPSA) is 73.6 Å². The van der Waals surface area contributed by atoms with Gasteiger partial charge in [0.1, 0.15) is 0 Å². The van der Waals surface area contributed by atoms with Crippen LogP contribution in [0.3, 0.4) is 0 Å². The second-order valence-corrected chi connectivity index (χ2v) is 3.77. The van der Waals surface area contributed by atoms with Crippen molar-refractivity contribution in [2.75, 3.05) is 11.7 Å². The molecule has 0 radical (unpaired) electrons. The Morgan fingerprint density at radius 2 is 2.06 bits per heavy atom. The third-order valence-electron chi connectivity index (χ3n) is 1.75. The van der Waals surface area contributed by atoms with E-state index in [0.717, 1.165) is 4.47 Å². The lowest BCUT2D eigenvalue weighted by atomic mass is 10.3. The molecule has 0 atom stereocenters. The van der Waals surface area contributed by atoms with Gasteiger partial charge in [-0.05, 0) is 31.2 Å². The minimum absolute atomic E-state index is 0.162. The second kappa shape index (κ2) is 5.62.